The molecule has 28 heavy (non-hydrogen) atoms. The van der Waals surface area contributed by atoms with Crippen molar-refractivity contribution in [2.45, 2.75) is 18.4 Å². The highest BCUT2D eigenvalue weighted by molar-refractivity contribution is 7.93. The van der Waals surface area contributed by atoms with Gasteiger partial charge in [-0.3, -0.25) is 9.10 Å². The van der Waals surface area contributed by atoms with Crippen LogP contribution in [0.2, 0.25) is 0 Å². The number of carbonyl (C=O) groups excluding carboxylic acids is 1. The third-order valence-electron chi connectivity index (χ3n) is 4.82. The van der Waals surface area contributed by atoms with Gasteiger partial charge in [-0.25, -0.2) is 8.42 Å². The lowest BCUT2D eigenvalue weighted by atomic mass is 10.0. The first-order valence-electron chi connectivity index (χ1n) is 9.00. The molecule has 5 nitrogen and oxygen atoms in total. The van der Waals surface area contributed by atoms with Crippen LogP contribution < -0.4 is 9.62 Å². The van der Waals surface area contributed by atoms with E-state index in [-0.39, 0.29) is 17.3 Å². The number of anilines is 1. The first-order valence-corrected chi connectivity index (χ1v) is 10.4. The molecule has 0 bridgehead atoms. The number of rotatable bonds is 4. The average molecular weight is 392 g/mol. The van der Waals surface area contributed by atoms with Gasteiger partial charge in [0.25, 0.3) is 10.0 Å². The van der Waals surface area contributed by atoms with E-state index in [1.165, 1.54) is 4.31 Å². The third kappa shape index (κ3) is 3.27. The van der Waals surface area contributed by atoms with E-state index in [1.54, 1.807) is 30.3 Å². The number of nitrogens with one attached hydrogen (secondary N) is 1. The molecule has 0 saturated heterocycles. The molecule has 1 heterocycles. The molecule has 0 aromatic heterocycles. The molecule has 3 aromatic carbocycles. The van der Waals surface area contributed by atoms with Crippen molar-refractivity contribution >= 4 is 21.6 Å². The summed E-state index contributed by atoms with van der Waals surface area (Å²) < 4.78 is 27.5. The number of nitrogens with zero attached hydrogens (tertiary/aromatic N) is 1. The van der Waals surface area contributed by atoms with Crippen molar-refractivity contribution in [3.05, 3.63) is 83.9 Å². The highest BCUT2D eigenvalue weighted by Crippen LogP contribution is 2.42. The Bertz CT molecular complexity index is 1140. The maximum absolute atomic E-state index is 13.2. The normalized spacial score (nSPS) is 14.1. The minimum absolute atomic E-state index is 0.222. The second-order valence-corrected chi connectivity index (χ2v) is 8.62. The Balaban J connectivity index is 1.60. The monoisotopic (exact) mass is 392 g/mol. The van der Waals surface area contributed by atoms with Gasteiger partial charge in [0.05, 0.1) is 10.6 Å². The summed E-state index contributed by atoms with van der Waals surface area (Å²) in [5.41, 5.74) is 4.09. The Morgan fingerprint density at radius 3 is 2.29 bits per heavy atom. The maximum Gasteiger partial charge on any atom is 0.265 e. The molecule has 0 unspecified atom stereocenters. The number of benzene rings is 3. The van der Waals surface area contributed by atoms with Crippen LogP contribution in [-0.2, 0) is 21.4 Å². The second-order valence-electron chi connectivity index (χ2n) is 6.79. The minimum Gasteiger partial charge on any atom is -0.350 e. The molecule has 0 fully saturated rings. The van der Waals surface area contributed by atoms with Gasteiger partial charge in [-0.2, -0.15) is 0 Å². The Kier molecular flexibility index (Phi) is 4.65. The van der Waals surface area contributed by atoms with Crippen LogP contribution in [0.3, 0.4) is 0 Å². The van der Waals surface area contributed by atoms with Crippen molar-refractivity contribution in [3.63, 3.8) is 0 Å². The fourth-order valence-electron chi connectivity index (χ4n) is 3.34. The summed E-state index contributed by atoms with van der Waals surface area (Å²) in [5.74, 6) is -0.349. The van der Waals surface area contributed by atoms with Crippen LogP contribution in [0.25, 0.3) is 11.1 Å². The molecule has 3 aromatic rings. The summed E-state index contributed by atoms with van der Waals surface area (Å²) >= 11 is 0. The molecule has 1 aliphatic heterocycles. The molecule has 0 spiro atoms. The van der Waals surface area contributed by atoms with Crippen molar-refractivity contribution in [1.82, 2.24) is 5.32 Å². The van der Waals surface area contributed by atoms with Gasteiger partial charge in [-0.1, -0.05) is 66.2 Å². The number of para-hydroxylation sites is 1. The highest BCUT2D eigenvalue weighted by Gasteiger charge is 2.35. The lowest BCUT2D eigenvalue weighted by Crippen LogP contribution is -2.42. The molecule has 1 amide bonds. The van der Waals surface area contributed by atoms with Crippen molar-refractivity contribution in [1.29, 1.82) is 0 Å². The number of hydrogen-bond donors (Lipinski definition) is 1. The fraction of sp³-hybridized carbons (Fsp3) is 0.136. The van der Waals surface area contributed by atoms with E-state index in [0.29, 0.717) is 17.8 Å². The van der Waals surface area contributed by atoms with Crippen LogP contribution in [-0.4, -0.2) is 20.9 Å². The smallest absolute Gasteiger partial charge is 0.265 e. The summed E-state index contributed by atoms with van der Waals surface area (Å²) in [6, 6.07) is 22.0. The van der Waals surface area contributed by atoms with Crippen LogP contribution in [0.1, 0.15) is 11.1 Å². The fourth-order valence-corrected chi connectivity index (χ4v) is 4.99. The molecular formula is C22H20N2O3S. The molecule has 0 atom stereocenters. The SMILES string of the molecule is Cc1ccc(CNC(=O)CN2c3ccccc3-c3ccccc3S2(=O)=O)cc1. The molecule has 6 heteroatoms. The van der Waals surface area contributed by atoms with Crippen molar-refractivity contribution in [2.75, 3.05) is 10.8 Å². The lowest BCUT2D eigenvalue weighted by molar-refractivity contribution is -0.119. The van der Waals surface area contributed by atoms with E-state index in [0.717, 1.165) is 16.7 Å². The van der Waals surface area contributed by atoms with Crippen molar-refractivity contribution in [3.8, 4) is 11.1 Å². The summed E-state index contributed by atoms with van der Waals surface area (Å²) in [7, 11) is -3.81. The summed E-state index contributed by atoms with van der Waals surface area (Å²) in [5, 5.41) is 2.81. The Hall–Kier alpha value is -3.12. The number of aryl methyl sites for hydroxylation is 1. The summed E-state index contributed by atoms with van der Waals surface area (Å²) in [6.07, 6.45) is 0. The number of sulfonamides is 1. The third-order valence-corrected chi connectivity index (χ3v) is 6.63. The van der Waals surface area contributed by atoms with E-state index in [9.17, 15) is 13.2 Å². The topological polar surface area (TPSA) is 66.5 Å². The van der Waals surface area contributed by atoms with Crippen LogP contribution in [0.15, 0.2) is 77.7 Å². The van der Waals surface area contributed by atoms with E-state index < -0.39 is 10.0 Å². The zero-order chi connectivity index (χ0) is 19.7. The maximum atomic E-state index is 13.2. The summed E-state index contributed by atoms with van der Waals surface area (Å²) in [4.78, 5) is 12.8. The van der Waals surface area contributed by atoms with Crippen LogP contribution in [0, 0.1) is 6.92 Å². The molecule has 0 radical (unpaired) electrons. The standard InChI is InChI=1S/C22H20N2O3S/c1-16-10-12-17(13-11-16)14-23-22(25)15-24-20-8-4-2-6-18(20)19-7-3-5-9-21(19)28(24,26)27/h2-13H,14-15H2,1H3,(H,23,25). The average Bonchev–Trinajstić information content (AvgIpc) is 2.71. The van der Waals surface area contributed by atoms with Gasteiger partial charge in [0.1, 0.15) is 6.54 Å². The minimum atomic E-state index is -3.81. The molecule has 1 aliphatic rings. The lowest BCUT2D eigenvalue weighted by Gasteiger charge is -2.31. The van der Waals surface area contributed by atoms with E-state index >= 15 is 0 Å². The molecule has 1 N–H and O–H groups in total. The van der Waals surface area contributed by atoms with Gasteiger partial charge in [0.2, 0.25) is 5.91 Å². The molecular weight excluding hydrogens is 372 g/mol. The van der Waals surface area contributed by atoms with Crippen molar-refractivity contribution < 1.29 is 13.2 Å². The molecule has 4 rings (SSSR count). The number of carbonyl (C=O) groups is 1. The van der Waals surface area contributed by atoms with Crippen LogP contribution >= 0.6 is 0 Å². The second kappa shape index (κ2) is 7.13. The van der Waals surface area contributed by atoms with E-state index in [1.807, 2.05) is 49.4 Å². The van der Waals surface area contributed by atoms with Gasteiger partial charge >= 0.3 is 0 Å². The first kappa shape index (κ1) is 18.3. The number of hydrogen-bond acceptors (Lipinski definition) is 3. The van der Waals surface area contributed by atoms with Gasteiger partial charge in [0.15, 0.2) is 0 Å². The Labute approximate surface area is 164 Å². The quantitative estimate of drug-likeness (QED) is 0.739. The first-order chi connectivity index (χ1) is 13.5. The Morgan fingerprint density at radius 2 is 1.54 bits per heavy atom. The Morgan fingerprint density at radius 1 is 0.893 bits per heavy atom. The predicted molar refractivity (Wildman–Crippen MR) is 109 cm³/mol. The zero-order valence-corrected chi connectivity index (χ0v) is 16.2. The molecule has 142 valence electrons. The predicted octanol–water partition coefficient (Wildman–Crippen LogP) is 3.49. The number of fused-ring (bicyclic) bond motifs is 3. The highest BCUT2D eigenvalue weighted by atomic mass is 32.2. The van der Waals surface area contributed by atoms with E-state index in [4.69, 9.17) is 0 Å². The van der Waals surface area contributed by atoms with Gasteiger partial charge in [-0.15, -0.1) is 0 Å². The van der Waals surface area contributed by atoms with E-state index in [2.05, 4.69) is 5.32 Å². The molecule has 0 saturated carbocycles. The largest absolute Gasteiger partial charge is 0.350 e. The van der Waals surface area contributed by atoms with Crippen LogP contribution in [0.5, 0.6) is 0 Å². The van der Waals surface area contributed by atoms with Gasteiger partial charge in [0, 0.05) is 17.7 Å². The van der Waals surface area contributed by atoms with Gasteiger partial charge < -0.3 is 5.32 Å². The number of amides is 1. The molecule has 0 aliphatic carbocycles. The zero-order valence-electron chi connectivity index (χ0n) is 15.4. The summed E-state index contributed by atoms with van der Waals surface area (Å²) in [6.45, 7) is 2.09. The van der Waals surface area contributed by atoms with Crippen molar-refractivity contribution in [2.24, 2.45) is 0 Å². The van der Waals surface area contributed by atoms with Crippen LogP contribution in [0.4, 0.5) is 5.69 Å². The van der Waals surface area contributed by atoms with Gasteiger partial charge in [-0.05, 0) is 24.6 Å².